The average molecular weight is 229 g/mol. The first-order valence-electron chi connectivity index (χ1n) is 6.08. The Labute approximate surface area is 103 Å². The molecule has 0 spiro atoms. The largest absolute Gasteiger partial charge is 0.464 e. The summed E-state index contributed by atoms with van der Waals surface area (Å²) in [4.78, 5) is 0. The summed E-state index contributed by atoms with van der Waals surface area (Å²) in [5.74, 6) is 2.03. The van der Waals surface area contributed by atoms with Crippen LogP contribution in [0, 0.1) is 13.8 Å². The van der Waals surface area contributed by atoms with E-state index in [2.05, 4.69) is 44.3 Å². The molecule has 17 heavy (non-hydrogen) atoms. The van der Waals surface area contributed by atoms with Crippen LogP contribution in [0.5, 0.6) is 0 Å². The second-order valence-electron chi connectivity index (χ2n) is 4.32. The van der Waals surface area contributed by atoms with Crippen molar-refractivity contribution in [1.82, 2.24) is 0 Å². The minimum atomic E-state index is 0.740. The van der Waals surface area contributed by atoms with E-state index >= 15 is 0 Å². The molecule has 1 heterocycles. The number of benzene rings is 1. The van der Waals surface area contributed by atoms with Crippen molar-refractivity contribution in [2.24, 2.45) is 0 Å². The highest BCUT2D eigenvalue weighted by Gasteiger charge is 2.03. The van der Waals surface area contributed by atoms with Gasteiger partial charge in [0, 0.05) is 12.1 Å². The fourth-order valence-corrected chi connectivity index (χ4v) is 1.83. The van der Waals surface area contributed by atoms with Gasteiger partial charge in [-0.3, -0.25) is 0 Å². The Hall–Kier alpha value is -1.70. The van der Waals surface area contributed by atoms with E-state index in [0.717, 1.165) is 24.5 Å². The molecule has 0 aliphatic carbocycles. The third-order valence-electron chi connectivity index (χ3n) is 3.12. The molecular weight excluding hydrogens is 210 g/mol. The summed E-state index contributed by atoms with van der Waals surface area (Å²) in [6.45, 7) is 7.10. The van der Waals surface area contributed by atoms with E-state index in [4.69, 9.17) is 4.42 Å². The van der Waals surface area contributed by atoms with Gasteiger partial charge in [0.05, 0.1) is 6.54 Å². The summed E-state index contributed by atoms with van der Waals surface area (Å²) >= 11 is 0. The van der Waals surface area contributed by atoms with Gasteiger partial charge in [-0.15, -0.1) is 0 Å². The topological polar surface area (TPSA) is 25.2 Å². The van der Waals surface area contributed by atoms with Gasteiger partial charge in [-0.05, 0) is 43.2 Å². The molecule has 2 rings (SSSR count). The van der Waals surface area contributed by atoms with Gasteiger partial charge in [-0.1, -0.05) is 19.1 Å². The molecule has 2 nitrogen and oxygen atoms in total. The van der Waals surface area contributed by atoms with Gasteiger partial charge in [0.15, 0.2) is 0 Å². The molecule has 0 atom stereocenters. The van der Waals surface area contributed by atoms with Crippen molar-refractivity contribution in [3.8, 4) is 0 Å². The third-order valence-corrected chi connectivity index (χ3v) is 3.12. The minimum Gasteiger partial charge on any atom is -0.464 e. The van der Waals surface area contributed by atoms with E-state index in [1.54, 1.807) is 0 Å². The van der Waals surface area contributed by atoms with E-state index in [-0.39, 0.29) is 0 Å². The molecule has 1 aromatic heterocycles. The fraction of sp³-hybridized carbons (Fsp3) is 0.333. The molecule has 0 radical (unpaired) electrons. The van der Waals surface area contributed by atoms with Gasteiger partial charge < -0.3 is 9.73 Å². The molecule has 0 bridgehead atoms. The Bertz CT molecular complexity index is 499. The third kappa shape index (κ3) is 2.70. The molecule has 0 fully saturated rings. The standard InChI is InChI=1S/C15H19NO/c1-4-13-8-9-14(17-13)10-16-15-7-5-6-11(2)12(15)3/h5-9,16H,4,10H2,1-3H3. The second kappa shape index (κ2) is 5.09. The van der Waals surface area contributed by atoms with Crippen LogP contribution in [0.15, 0.2) is 34.7 Å². The molecule has 2 heteroatoms. The lowest BCUT2D eigenvalue weighted by atomic mass is 10.1. The molecule has 90 valence electrons. The van der Waals surface area contributed by atoms with Crippen LogP contribution in [0.4, 0.5) is 5.69 Å². The number of aryl methyl sites for hydroxylation is 2. The Morgan fingerprint density at radius 3 is 2.53 bits per heavy atom. The van der Waals surface area contributed by atoms with E-state index in [0.29, 0.717) is 0 Å². The number of rotatable bonds is 4. The molecule has 1 N–H and O–H groups in total. The maximum absolute atomic E-state index is 5.66. The lowest BCUT2D eigenvalue weighted by Crippen LogP contribution is -2.00. The number of nitrogens with one attached hydrogen (secondary N) is 1. The number of furan rings is 1. The van der Waals surface area contributed by atoms with E-state index in [1.165, 1.54) is 16.8 Å². The normalized spacial score (nSPS) is 10.5. The summed E-state index contributed by atoms with van der Waals surface area (Å²) in [6.07, 6.45) is 0.948. The Morgan fingerprint density at radius 1 is 1.06 bits per heavy atom. The first-order valence-corrected chi connectivity index (χ1v) is 6.08. The van der Waals surface area contributed by atoms with E-state index in [1.807, 2.05) is 12.1 Å². The monoisotopic (exact) mass is 229 g/mol. The van der Waals surface area contributed by atoms with E-state index < -0.39 is 0 Å². The van der Waals surface area contributed by atoms with Crippen LogP contribution in [0.3, 0.4) is 0 Å². The summed E-state index contributed by atoms with van der Waals surface area (Å²) in [5.41, 5.74) is 3.79. The molecule has 2 aromatic rings. The van der Waals surface area contributed by atoms with Crippen molar-refractivity contribution < 1.29 is 4.42 Å². The zero-order valence-electron chi connectivity index (χ0n) is 10.7. The maximum atomic E-state index is 5.66. The molecule has 0 saturated carbocycles. The summed E-state index contributed by atoms with van der Waals surface area (Å²) in [5, 5.41) is 3.41. The molecule has 0 aliphatic rings. The molecule has 0 amide bonds. The lowest BCUT2D eigenvalue weighted by molar-refractivity contribution is 0.476. The fourth-order valence-electron chi connectivity index (χ4n) is 1.83. The molecule has 1 aromatic carbocycles. The Kier molecular flexibility index (Phi) is 3.52. The highest BCUT2D eigenvalue weighted by molar-refractivity contribution is 5.53. The van der Waals surface area contributed by atoms with Crippen molar-refractivity contribution in [3.05, 3.63) is 53.0 Å². The zero-order chi connectivity index (χ0) is 12.3. The smallest absolute Gasteiger partial charge is 0.123 e. The molecule has 0 saturated heterocycles. The van der Waals surface area contributed by atoms with Crippen LogP contribution in [-0.2, 0) is 13.0 Å². The predicted molar refractivity (Wildman–Crippen MR) is 71.3 cm³/mol. The lowest BCUT2D eigenvalue weighted by Gasteiger charge is -2.10. The van der Waals surface area contributed by atoms with Crippen LogP contribution in [0.2, 0.25) is 0 Å². The highest BCUT2D eigenvalue weighted by atomic mass is 16.3. The van der Waals surface area contributed by atoms with Gasteiger partial charge >= 0.3 is 0 Å². The summed E-state index contributed by atoms with van der Waals surface area (Å²) in [7, 11) is 0. The highest BCUT2D eigenvalue weighted by Crippen LogP contribution is 2.19. The maximum Gasteiger partial charge on any atom is 0.123 e. The predicted octanol–water partition coefficient (Wildman–Crippen LogP) is 4.07. The van der Waals surface area contributed by atoms with Crippen molar-refractivity contribution in [3.63, 3.8) is 0 Å². The van der Waals surface area contributed by atoms with Gasteiger partial charge in [-0.2, -0.15) is 0 Å². The zero-order valence-corrected chi connectivity index (χ0v) is 10.7. The van der Waals surface area contributed by atoms with Gasteiger partial charge in [0.2, 0.25) is 0 Å². The molecule has 0 aliphatic heterocycles. The molecular formula is C15H19NO. The van der Waals surface area contributed by atoms with Gasteiger partial charge in [0.25, 0.3) is 0 Å². The van der Waals surface area contributed by atoms with E-state index in [9.17, 15) is 0 Å². The number of hydrogen-bond donors (Lipinski definition) is 1. The average Bonchev–Trinajstić information content (AvgIpc) is 2.79. The Morgan fingerprint density at radius 2 is 1.82 bits per heavy atom. The summed E-state index contributed by atoms with van der Waals surface area (Å²) < 4.78 is 5.66. The second-order valence-corrected chi connectivity index (χ2v) is 4.32. The van der Waals surface area contributed by atoms with Crippen molar-refractivity contribution >= 4 is 5.69 Å². The van der Waals surface area contributed by atoms with Crippen LogP contribution >= 0.6 is 0 Å². The van der Waals surface area contributed by atoms with Gasteiger partial charge in [0.1, 0.15) is 11.5 Å². The minimum absolute atomic E-state index is 0.740. The number of anilines is 1. The Balaban J connectivity index is 2.04. The van der Waals surface area contributed by atoms with Crippen LogP contribution < -0.4 is 5.32 Å². The molecule has 0 unspecified atom stereocenters. The van der Waals surface area contributed by atoms with Gasteiger partial charge in [-0.25, -0.2) is 0 Å². The van der Waals surface area contributed by atoms with Crippen LogP contribution in [-0.4, -0.2) is 0 Å². The van der Waals surface area contributed by atoms with Crippen molar-refractivity contribution in [2.75, 3.05) is 5.32 Å². The van der Waals surface area contributed by atoms with Crippen molar-refractivity contribution in [1.29, 1.82) is 0 Å². The number of hydrogen-bond acceptors (Lipinski definition) is 2. The summed E-state index contributed by atoms with van der Waals surface area (Å²) in [6, 6.07) is 10.4. The first kappa shape index (κ1) is 11.8. The van der Waals surface area contributed by atoms with Crippen molar-refractivity contribution in [2.45, 2.75) is 33.7 Å². The van der Waals surface area contributed by atoms with Crippen LogP contribution in [0.1, 0.15) is 29.6 Å². The quantitative estimate of drug-likeness (QED) is 0.854. The first-order chi connectivity index (χ1) is 8.20. The van der Waals surface area contributed by atoms with Crippen LogP contribution in [0.25, 0.3) is 0 Å². The SMILES string of the molecule is CCc1ccc(CNc2cccc(C)c2C)o1.